The van der Waals surface area contributed by atoms with Crippen LogP contribution >= 0.6 is 0 Å². The molecule has 0 radical (unpaired) electrons. The number of rotatable bonds is 1. The third-order valence-electron chi connectivity index (χ3n) is 5.01. The summed E-state index contributed by atoms with van der Waals surface area (Å²) in [5, 5.41) is 9.69. The van der Waals surface area contributed by atoms with Gasteiger partial charge in [-0.25, -0.2) is 0 Å². The Morgan fingerprint density at radius 2 is 2.26 bits per heavy atom. The zero-order valence-corrected chi connectivity index (χ0v) is 10.7. The molecule has 2 saturated heterocycles. The Morgan fingerprint density at radius 1 is 1.42 bits per heavy atom. The Labute approximate surface area is 112 Å². The third kappa shape index (κ3) is 1.35. The molecule has 4 nitrogen and oxygen atoms in total. The summed E-state index contributed by atoms with van der Waals surface area (Å²) in [6, 6.07) is 8.29. The lowest BCUT2D eigenvalue weighted by molar-refractivity contribution is -0.148. The number of aliphatic carboxylic acids is 1. The molecule has 0 aromatic heterocycles. The van der Waals surface area contributed by atoms with E-state index in [1.54, 1.807) is 0 Å². The van der Waals surface area contributed by atoms with Crippen LogP contribution in [0.1, 0.15) is 30.9 Å². The van der Waals surface area contributed by atoms with Crippen LogP contribution in [-0.2, 0) is 4.79 Å². The summed E-state index contributed by atoms with van der Waals surface area (Å²) in [4.78, 5) is 14.0. The van der Waals surface area contributed by atoms with Gasteiger partial charge in [0, 0.05) is 17.5 Å². The summed E-state index contributed by atoms with van der Waals surface area (Å²) in [6.45, 7) is 1.54. The number of nitrogens with zero attached hydrogens (tertiary/aromatic N) is 1. The highest BCUT2D eigenvalue weighted by Gasteiger charge is 2.60. The van der Waals surface area contributed by atoms with Crippen LogP contribution in [0.5, 0.6) is 5.75 Å². The number of carbonyl (C=O) groups is 1. The molecule has 3 aliphatic heterocycles. The topological polar surface area (TPSA) is 49.8 Å². The fraction of sp³-hybridized carbons (Fsp3) is 0.533. The summed E-state index contributed by atoms with van der Waals surface area (Å²) in [6.07, 6.45) is 2.48. The van der Waals surface area contributed by atoms with Crippen LogP contribution in [0.4, 0.5) is 0 Å². The van der Waals surface area contributed by atoms with Gasteiger partial charge < -0.3 is 9.84 Å². The molecule has 1 N–H and O–H groups in total. The number of ether oxygens (including phenoxy) is 1. The molecule has 100 valence electrons. The van der Waals surface area contributed by atoms with E-state index in [1.165, 1.54) is 5.56 Å². The van der Waals surface area contributed by atoms with Crippen molar-refractivity contribution in [2.24, 2.45) is 5.92 Å². The van der Waals surface area contributed by atoms with Crippen molar-refractivity contribution in [3.05, 3.63) is 29.8 Å². The first kappa shape index (κ1) is 11.3. The van der Waals surface area contributed by atoms with E-state index in [9.17, 15) is 9.90 Å². The number of carboxylic acids is 1. The monoisotopic (exact) mass is 259 g/mol. The van der Waals surface area contributed by atoms with E-state index in [2.05, 4.69) is 11.0 Å². The van der Waals surface area contributed by atoms with E-state index in [1.807, 2.05) is 18.2 Å². The molecule has 0 aliphatic carbocycles. The van der Waals surface area contributed by atoms with Crippen LogP contribution in [0, 0.1) is 5.92 Å². The number of carboxylic acid groups (broad SMARTS) is 1. The minimum atomic E-state index is -0.656. The van der Waals surface area contributed by atoms with Gasteiger partial charge in [0.2, 0.25) is 0 Å². The van der Waals surface area contributed by atoms with Crippen LogP contribution in [0.15, 0.2) is 24.3 Å². The maximum absolute atomic E-state index is 11.8. The highest BCUT2D eigenvalue weighted by molar-refractivity contribution is 5.80. The van der Waals surface area contributed by atoms with Gasteiger partial charge in [-0.05, 0) is 31.9 Å². The second kappa shape index (κ2) is 3.73. The molecule has 0 bridgehead atoms. The molecule has 3 atom stereocenters. The van der Waals surface area contributed by atoms with E-state index in [-0.39, 0.29) is 6.04 Å². The first-order valence-electron chi connectivity index (χ1n) is 6.94. The van der Waals surface area contributed by atoms with Crippen LogP contribution in [0.2, 0.25) is 0 Å². The minimum Gasteiger partial charge on any atom is -0.493 e. The Kier molecular flexibility index (Phi) is 2.22. The highest BCUT2D eigenvalue weighted by Crippen LogP contribution is 2.55. The molecule has 0 spiro atoms. The summed E-state index contributed by atoms with van der Waals surface area (Å²) in [5.41, 5.74) is 0.527. The van der Waals surface area contributed by atoms with Crippen LogP contribution in [0.3, 0.4) is 0 Å². The van der Waals surface area contributed by atoms with Crippen molar-refractivity contribution in [2.75, 3.05) is 13.2 Å². The minimum absolute atomic E-state index is 0.226. The molecule has 4 heteroatoms. The lowest BCUT2D eigenvalue weighted by atomic mass is 9.86. The largest absolute Gasteiger partial charge is 0.493 e. The molecule has 3 aliphatic rings. The van der Waals surface area contributed by atoms with Gasteiger partial charge in [0.25, 0.3) is 0 Å². The van der Waals surface area contributed by atoms with E-state index in [0.29, 0.717) is 12.5 Å². The van der Waals surface area contributed by atoms with Gasteiger partial charge in [0.15, 0.2) is 0 Å². The first-order valence-corrected chi connectivity index (χ1v) is 6.94. The molecule has 0 amide bonds. The molecule has 1 aromatic carbocycles. The number of para-hydroxylation sites is 1. The fourth-order valence-electron chi connectivity index (χ4n) is 4.27. The predicted octanol–water partition coefficient (Wildman–Crippen LogP) is 2.06. The van der Waals surface area contributed by atoms with Gasteiger partial charge in [0.1, 0.15) is 11.3 Å². The lowest BCUT2D eigenvalue weighted by Crippen LogP contribution is -2.46. The Bertz CT molecular complexity index is 544. The maximum Gasteiger partial charge on any atom is 0.324 e. The molecule has 0 unspecified atom stereocenters. The van der Waals surface area contributed by atoms with Gasteiger partial charge >= 0.3 is 5.97 Å². The van der Waals surface area contributed by atoms with E-state index < -0.39 is 11.5 Å². The Hall–Kier alpha value is -1.55. The first-order chi connectivity index (χ1) is 9.22. The van der Waals surface area contributed by atoms with E-state index >= 15 is 0 Å². The second-order valence-electron chi connectivity index (χ2n) is 5.89. The summed E-state index contributed by atoms with van der Waals surface area (Å²) < 4.78 is 5.81. The lowest BCUT2D eigenvalue weighted by Gasteiger charge is -2.34. The van der Waals surface area contributed by atoms with Crippen molar-refractivity contribution in [2.45, 2.75) is 30.8 Å². The Balaban J connectivity index is 1.82. The zero-order valence-electron chi connectivity index (χ0n) is 10.7. The summed E-state index contributed by atoms with van der Waals surface area (Å²) in [7, 11) is 0. The smallest absolute Gasteiger partial charge is 0.324 e. The van der Waals surface area contributed by atoms with Crippen molar-refractivity contribution in [3.8, 4) is 5.75 Å². The number of benzene rings is 1. The number of hydrogen-bond donors (Lipinski definition) is 1. The van der Waals surface area contributed by atoms with Gasteiger partial charge in [-0.15, -0.1) is 0 Å². The van der Waals surface area contributed by atoms with Crippen LogP contribution in [-0.4, -0.2) is 34.7 Å². The molecule has 4 rings (SSSR count). The third-order valence-corrected chi connectivity index (χ3v) is 5.01. The molecule has 3 heterocycles. The molecular weight excluding hydrogens is 242 g/mol. The van der Waals surface area contributed by atoms with Gasteiger partial charge in [-0.1, -0.05) is 18.2 Å². The maximum atomic E-state index is 11.8. The van der Waals surface area contributed by atoms with Crippen molar-refractivity contribution in [1.29, 1.82) is 0 Å². The normalized spacial score (nSPS) is 36.2. The number of hydrogen-bond acceptors (Lipinski definition) is 3. The summed E-state index contributed by atoms with van der Waals surface area (Å²) in [5.74, 6) is 0.583. The van der Waals surface area contributed by atoms with Crippen molar-refractivity contribution >= 4 is 5.97 Å². The second-order valence-corrected chi connectivity index (χ2v) is 5.89. The molecule has 0 saturated carbocycles. The van der Waals surface area contributed by atoms with Gasteiger partial charge in [-0.2, -0.15) is 0 Å². The number of fused-ring (bicyclic) bond motifs is 5. The van der Waals surface area contributed by atoms with Crippen LogP contribution in [0.25, 0.3) is 0 Å². The molecule has 19 heavy (non-hydrogen) atoms. The average molecular weight is 259 g/mol. The summed E-state index contributed by atoms with van der Waals surface area (Å²) >= 11 is 0. The van der Waals surface area contributed by atoms with Crippen molar-refractivity contribution < 1.29 is 14.6 Å². The van der Waals surface area contributed by atoms with E-state index in [0.717, 1.165) is 31.6 Å². The molecule has 2 fully saturated rings. The zero-order chi connectivity index (χ0) is 13.0. The molecular formula is C15H17NO3. The quantitative estimate of drug-likeness (QED) is 0.838. The Morgan fingerprint density at radius 3 is 3.11 bits per heavy atom. The SMILES string of the molecule is O=C(O)[C@@]12CCCN1[C@@H]1c3ccccc3OC[C@@H]1C2. The van der Waals surface area contributed by atoms with Gasteiger partial charge in [-0.3, -0.25) is 9.69 Å². The van der Waals surface area contributed by atoms with E-state index in [4.69, 9.17) is 4.74 Å². The molecule has 1 aromatic rings. The fourth-order valence-corrected chi connectivity index (χ4v) is 4.27. The average Bonchev–Trinajstić information content (AvgIpc) is 2.95. The van der Waals surface area contributed by atoms with Gasteiger partial charge in [0.05, 0.1) is 6.61 Å². The van der Waals surface area contributed by atoms with Crippen molar-refractivity contribution in [1.82, 2.24) is 4.90 Å². The van der Waals surface area contributed by atoms with Crippen LogP contribution < -0.4 is 4.74 Å². The highest BCUT2D eigenvalue weighted by atomic mass is 16.5. The predicted molar refractivity (Wildman–Crippen MR) is 69.1 cm³/mol. The van der Waals surface area contributed by atoms with Crippen molar-refractivity contribution in [3.63, 3.8) is 0 Å². The standard InChI is InChI=1S/C15H17NO3/c17-14(18)15-6-3-7-16(15)13-10(8-15)9-19-12-5-2-1-4-11(12)13/h1-2,4-5,10,13H,3,6-9H2,(H,17,18)/t10-,13-,15-/m0/s1.